The van der Waals surface area contributed by atoms with Gasteiger partial charge in [-0.05, 0) is 17.7 Å². The third kappa shape index (κ3) is 3.59. The Morgan fingerprint density at radius 2 is 1.74 bits per heavy atom. The number of rotatable bonds is 4. The summed E-state index contributed by atoms with van der Waals surface area (Å²) in [5, 5.41) is 2.83. The fourth-order valence-electron chi connectivity index (χ4n) is 1.57. The van der Waals surface area contributed by atoms with E-state index in [1.807, 2.05) is 24.3 Å². The number of benzene rings is 1. The van der Waals surface area contributed by atoms with Gasteiger partial charge in [0.05, 0.1) is 0 Å². The Morgan fingerprint density at radius 1 is 1.11 bits per heavy atom. The second-order valence-corrected chi connectivity index (χ2v) is 4.42. The van der Waals surface area contributed by atoms with Crippen molar-refractivity contribution in [2.75, 3.05) is 0 Å². The van der Waals surface area contributed by atoms with Crippen molar-refractivity contribution in [3.05, 3.63) is 65.5 Å². The summed E-state index contributed by atoms with van der Waals surface area (Å²) in [6, 6.07) is 10.8. The molecule has 4 nitrogen and oxygen atoms in total. The number of nitrogens with one attached hydrogen (secondary N) is 1. The molecule has 2 aromatic rings. The summed E-state index contributed by atoms with van der Waals surface area (Å²) in [6.07, 6.45) is 3.18. The Bertz CT molecular complexity index is 581. The minimum atomic E-state index is -0.124. The molecule has 0 aliphatic rings. The van der Waals surface area contributed by atoms with E-state index in [9.17, 15) is 4.79 Å². The molecule has 0 saturated heterocycles. The molecule has 19 heavy (non-hydrogen) atoms. The van der Waals surface area contributed by atoms with Gasteiger partial charge in [0.1, 0.15) is 4.99 Å². The van der Waals surface area contributed by atoms with Gasteiger partial charge in [0.15, 0.2) is 0 Å². The Kier molecular flexibility index (Phi) is 4.20. The number of nitrogens with zero attached hydrogens (tertiary/aromatic N) is 1. The summed E-state index contributed by atoms with van der Waals surface area (Å²) < 4.78 is 0. The van der Waals surface area contributed by atoms with Crippen LogP contribution in [0.2, 0.25) is 0 Å². The molecule has 96 valence electrons. The van der Waals surface area contributed by atoms with Crippen molar-refractivity contribution in [1.29, 1.82) is 0 Å². The van der Waals surface area contributed by atoms with Crippen LogP contribution in [0.1, 0.15) is 21.5 Å². The van der Waals surface area contributed by atoms with E-state index in [2.05, 4.69) is 10.3 Å². The molecule has 0 bridgehead atoms. The molecular weight excluding hydrogens is 258 g/mol. The Balaban J connectivity index is 1.95. The van der Waals surface area contributed by atoms with Crippen LogP contribution in [0.3, 0.4) is 0 Å². The van der Waals surface area contributed by atoms with Gasteiger partial charge in [-0.15, -0.1) is 0 Å². The molecule has 0 aliphatic carbocycles. The third-order valence-corrected chi connectivity index (χ3v) is 2.87. The van der Waals surface area contributed by atoms with E-state index in [4.69, 9.17) is 18.0 Å². The van der Waals surface area contributed by atoms with Crippen LogP contribution in [0.25, 0.3) is 0 Å². The first-order chi connectivity index (χ1) is 9.16. The van der Waals surface area contributed by atoms with E-state index in [0.29, 0.717) is 17.1 Å². The van der Waals surface area contributed by atoms with Gasteiger partial charge in [-0.2, -0.15) is 0 Å². The van der Waals surface area contributed by atoms with Crippen LogP contribution in [-0.4, -0.2) is 15.9 Å². The number of nitrogens with two attached hydrogens (primary N) is 1. The third-order valence-electron chi connectivity index (χ3n) is 2.63. The molecule has 0 unspecified atom stereocenters. The van der Waals surface area contributed by atoms with Crippen LogP contribution in [0.5, 0.6) is 0 Å². The molecule has 0 fully saturated rings. The zero-order valence-corrected chi connectivity index (χ0v) is 11.0. The minimum Gasteiger partial charge on any atom is -0.389 e. The van der Waals surface area contributed by atoms with E-state index in [-0.39, 0.29) is 5.91 Å². The number of pyridine rings is 1. The van der Waals surface area contributed by atoms with Gasteiger partial charge in [0.25, 0.3) is 5.91 Å². The van der Waals surface area contributed by atoms with Crippen LogP contribution in [-0.2, 0) is 6.54 Å². The van der Waals surface area contributed by atoms with Gasteiger partial charge in [-0.3, -0.25) is 9.78 Å². The molecule has 1 aromatic heterocycles. The van der Waals surface area contributed by atoms with Crippen molar-refractivity contribution >= 4 is 23.1 Å². The summed E-state index contributed by atoms with van der Waals surface area (Å²) >= 11 is 4.88. The number of thiocarbonyl (C=S) groups is 1. The molecule has 0 aliphatic heterocycles. The lowest BCUT2D eigenvalue weighted by Crippen LogP contribution is -2.22. The highest BCUT2D eigenvalue weighted by atomic mass is 32.1. The molecule has 2 rings (SSSR count). The van der Waals surface area contributed by atoms with Gasteiger partial charge in [-0.25, -0.2) is 0 Å². The predicted octanol–water partition coefficient (Wildman–Crippen LogP) is 1.65. The van der Waals surface area contributed by atoms with E-state index in [1.165, 1.54) is 0 Å². The van der Waals surface area contributed by atoms with Crippen molar-refractivity contribution in [3.63, 3.8) is 0 Å². The summed E-state index contributed by atoms with van der Waals surface area (Å²) in [5.74, 6) is -0.124. The highest BCUT2D eigenvalue weighted by molar-refractivity contribution is 7.80. The standard InChI is InChI=1S/C14H13N3OS/c15-13(19)11-3-1-10(2-4-11)9-17-14(18)12-5-7-16-8-6-12/h1-8H,9H2,(H2,15,19)(H,17,18). The second kappa shape index (κ2) is 6.06. The zero-order chi connectivity index (χ0) is 13.7. The van der Waals surface area contributed by atoms with Crippen LogP contribution in [0.4, 0.5) is 0 Å². The largest absolute Gasteiger partial charge is 0.389 e. The topological polar surface area (TPSA) is 68.0 Å². The lowest BCUT2D eigenvalue weighted by Gasteiger charge is -2.06. The van der Waals surface area contributed by atoms with Crippen molar-refractivity contribution < 1.29 is 4.79 Å². The fraction of sp³-hybridized carbons (Fsp3) is 0.0714. The SMILES string of the molecule is NC(=S)c1ccc(CNC(=O)c2ccncc2)cc1. The van der Waals surface area contributed by atoms with Crippen LogP contribution in [0.15, 0.2) is 48.8 Å². The molecule has 1 aromatic carbocycles. The molecule has 0 spiro atoms. The lowest BCUT2D eigenvalue weighted by molar-refractivity contribution is 0.0951. The first kappa shape index (κ1) is 13.2. The van der Waals surface area contributed by atoms with Crippen molar-refractivity contribution in [2.24, 2.45) is 5.73 Å². The monoisotopic (exact) mass is 271 g/mol. The summed E-state index contributed by atoms with van der Waals surface area (Å²) in [5.41, 5.74) is 7.92. The lowest BCUT2D eigenvalue weighted by atomic mass is 10.1. The van der Waals surface area contributed by atoms with Crippen LogP contribution in [0, 0.1) is 0 Å². The van der Waals surface area contributed by atoms with Crippen LogP contribution >= 0.6 is 12.2 Å². The summed E-state index contributed by atoms with van der Waals surface area (Å²) in [7, 11) is 0. The van der Waals surface area contributed by atoms with Gasteiger partial charge in [-0.1, -0.05) is 36.5 Å². The van der Waals surface area contributed by atoms with Crippen molar-refractivity contribution in [2.45, 2.75) is 6.54 Å². The average Bonchev–Trinajstić information content (AvgIpc) is 2.46. The van der Waals surface area contributed by atoms with Gasteiger partial charge >= 0.3 is 0 Å². The maximum Gasteiger partial charge on any atom is 0.251 e. The first-order valence-electron chi connectivity index (χ1n) is 5.74. The number of hydrogen-bond donors (Lipinski definition) is 2. The smallest absolute Gasteiger partial charge is 0.251 e. The fourth-order valence-corrected chi connectivity index (χ4v) is 1.71. The average molecular weight is 271 g/mol. The Hall–Kier alpha value is -2.27. The maximum atomic E-state index is 11.8. The Morgan fingerprint density at radius 3 is 2.32 bits per heavy atom. The van der Waals surface area contributed by atoms with Gasteiger partial charge < -0.3 is 11.1 Å². The molecule has 0 radical (unpaired) electrons. The number of carbonyl (C=O) groups is 1. The predicted molar refractivity (Wildman–Crippen MR) is 77.7 cm³/mol. The highest BCUT2D eigenvalue weighted by Crippen LogP contribution is 2.05. The molecule has 0 saturated carbocycles. The molecular formula is C14H13N3OS. The molecule has 0 atom stereocenters. The Labute approximate surface area is 116 Å². The van der Waals surface area contributed by atoms with Gasteiger partial charge in [0, 0.05) is 30.1 Å². The number of amides is 1. The zero-order valence-electron chi connectivity index (χ0n) is 10.2. The summed E-state index contributed by atoms with van der Waals surface area (Å²) in [4.78, 5) is 16.0. The molecule has 3 N–H and O–H groups in total. The normalized spacial score (nSPS) is 9.89. The number of carbonyl (C=O) groups excluding carboxylic acids is 1. The quantitative estimate of drug-likeness (QED) is 0.830. The second-order valence-electron chi connectivity index (χ2n) is 3.98. The first-order valence-corrected chi connectivity index (χ1v) is 6.14. The molecule has 5 heteroatoms. The van der Waals surface area contributed by atoms with E-state index in [0.717, 1.165) is 11.1 Å². The van der Waals surface area contributed by atoms with Crippen molar-refractivity contribution in [1.82, 2.24) is 10.3 Å². The highest BCUT2D eigenvalue weighted by Gasteiger charge is 2.04. The van der Waals surface area contributed by atoms with E-state index in [1.54, 1.807) is 24.5 Å². The van der Waals surface area contributed by atoms with Crippen molar-refractivity contribution in [3.8, 4) is 0 Å². The van der Waals surface area contributed by atoms with Gasteiger partial charge in [0.2, 0.25) is 0 Å². The minimum absolute atomic E-state index is 0.124. The molecule has 1 amide bonds. The maximum absolute atomic E-state index is 11.8. The number of hydrogen-bond acceptors (Lipinski definition) is 3. The van der Waals surface area contributed by atoms with E-state index < -0.39 is 0 Å². The number of aromatic nitrogens is 1. The summed E-state index contributed by atoms with van der Waals surface area (Å²) in [6.45, 7) is 0.457. The van der Waals surface area contributed by atoms with E-state index >= 15 is 0 Å². The van der Waals surface area contributed by atoms with Crippen LogP contribution < -0.4 is 11.1 Å². The molecule has 1 heterocycles.